The van der Waals surface area contributed by atoms with Gasteiger partial charge >= 0.3 is 6.09 Å². The largest absolute Gasteiger partial charge is 0.450 e. The van der Waals surface area contributed by atoms with Crippen LogP contribution in [0.15, 0.2) is 0 Å². The molecule has 1 atom stereocenters. The van der Waals surface area contributed by atoms with Crippen molar-refractivity contribution in [2.24, 2.45) is 0 Å². The van der Waals surface area contributed by atoms with Crippen molar-refractivity contribution in [3.05, 3.63) is 0 Å². The van der Waals surface area contributed by atoms with E-state index in [1.807, 2.05) is 0 Å². The molecule has 11 heavy (non-hydrogen) atoms. The second kappa shape index (κ2) is 3.57. The summed E-state index contributed by atoms with van der Waals surface area (Å²) >= 11 is 0. The molecule has 0 bridgehead atoms. The topological polar surface area (TPSA) is 38.8 Å². The van der Waals surface area contributed by atoms with Crippen molar-refractivity contribution in [1.29, 1.82) is 0 Å². The van der Waals surface area contributed by atoms with Gasteiger partial charge in [-0.3, -0.25) is 4.90 Å². The minimum atomic E-state index is -0.273. The molecule has 1 heterocycles. The van der Waals surface area contributed by atoms with Crippen molar-refractivity contribution in [2.75, 3.05) is 20.3 Å². The van der Waals surface area contributed by atoms with Gasteiger partial charge in [0.25, 0.3) is 0 Å². The number of hydrogen-bond donors (Lipinski definition) is 0. The third kappa shape index (κ3) is 1.63. The molecule has 1 rings (SSSR count). The number of likely N-dealkylation sites (tertiary alicyclic amines) is 1. The summed E-state index contributed by atoms with van der Waals surface area (Å²) in [5.74, 6) is 0. The Balaban J connectivity index is 2.30. The molecule has 64 valence electrons. The summed E-state index contributed by atoms with van der Waals surface area (Å²) in [6.45, 7) is 2.96. The van der Waals surface area contributed by atoms with Crippen molar-refractivity contribution in [1.82, 2.24) is 4.90 Å². The van der Waals surface area contributed by atoms with E-state index in [9.17, 15) is 4.79 Å². The predicted molar refractivity (Wildman–Crippen MR) is 39.1 cm³/mol. The lowest BCUT2D eigenvalue weighted by molar-refractivity contribution is -0.0877. The van der Waals surface area contributed by atoms with Crippen LogP contribution < -0.4 is 0 Å². The van der Waals surface area contributed by atoms with Gasteiger partial charge in [-0.05, 0) is 6.92 Å². The van der Waals surface area contributed by atoms with E-state index in [2.05, 4.69) is 0 Å². The zero-order valence-electron chi connectivity index (χ0n) is 6.87. The molecule has 1 unspecified atom stereocenters. The third-order valence-electron chi connectivity index (χ3n) is 1.74. The first-order chi connectivity index (χ1) is 5.29. The summed E-state index contributed by atoms with van der Waals surface area (Å²) in [5.41, 5.74) is 0. The molecule has 0 aromatic rings. The summed E-state index contributed by atoms with van der Waals surface area (Å²) < 4.78 is 9.78. The first-order valence-corrected chi connectivity index (χ1v) is 3.75. The normalized spacial score (nSPS) is 22.7. The smallest absolute Gasteiger partial charge is 0.411 e. The van der Waals surface area contributed by atoms with Crippen LogP contribution in [0.5, 0.6) is 0 Å². The second-order valence-corrected chi connectivity index (χ2v) is 2.37. The van der Waals surface area contributed by atoms with E-state index in [-0.39, 0.29) is 12.3 Å². The average molecular weight is 159 g/mol. The van der Waals surface area contributed by atoms with Crippen molar-refractivity contribution in [2.45, 2.75) is 19.6 Å². The van der Waals surface area contributed by atoms with Crippen molar-refractivity contribution in [3.8, 4) is 0 Å². The highest BCUT2D eigenvalue weighted by Gasteiger charge is 2.32. The Morgan fingerprint density at radius 3 is 2.82 bits per heavy atom. The molecule has 0 N–H and O–H groups in total. The Bertz CT molecular complexity index is 147. The fourth-order valence-corrected chi connectivity index (χ4v) is 1.02. The van der Waals surface area contributed by atoms with Gasteiger partial charge in [0.1, 0.15) is 6.23 Å². The zero-order chi connectivity index (χ0) is 8.27. The van der Waals surface area contributed by atoms with Gasteiger partial charge in [0.05, 0.1) is 6.61 Å². The maximum absolute atomic E-state index is 11.0. The van der Waals surface area contributed by atoms with Crippen molar-refractivity contribution in [3.63, 3.8) is 0 Å². The second-order valence-electron chi connectivity index (χ2n) is 2.37. The third-order valence-corrected chi connectivity index (χ3v) is 1.74. The lowest BCUT2D eigenvalue weighted by Crippen LogP contribution is -2.52. The Kier molecular flexibility index (Phi) is 2.70. The number of ether oxygens (including phenoxy) is 2. The van der Waals surface area contributed by atoms with Crippen LogP contribution in [0.4, 0.5) is 4.79 Å². The standard InChI is InChI=1S/C7H13NO3/c1-3-11-7(9)8-5-4-6(8)10-2/h6H,3-5H2,1-2H3. The maximum Gasteiger partial charge on any atom is 0.411 e. The molecule has 4 heteroatoms. The number of carbonyl (C=O) groups excluding carboxylic acids is 1. The van der Waals surface area contributed by atoms with Crippen LogP contribution in [0, 0.1) is 0 Å². The Labute approximate surface area is 66.1 Å². The molecule has 0 saturated carbocycles. The summed E-state index contributed by atoms with van der Waals surface area (Å²) in [6.07, 6.45) is 0.578. The summed E-state index contributed by atoms with van der Waals surface area (Å²) in [4.78, 5) is 12.6. The SMILES string of the molecule is CCOC(=O)N1CCC1OC. The fraction of sp³-hybridized carbons (Fsp3) is 0.857. The molecule has 1 amide bonds. The lowest BCUT2D eigenvalue weighted by atomic mass is 10.2. The van der Waals surface area contributed by atoms with Crippen LogP contribution in [0.1, 0.15) is 13.3 Å². The summed E-state index contributed by atoms with van der Waals surface area (Å²) in [6, 6.07) is 0. The van der Waals surface area contributed by atoms with Crippen molar-refractivity contribution < 1.29 is 14.3 Å². The fourth-order valence-electron chi connectivity index (χ4n) is 1.02. The molecule has 0 spiro atoms. The highest BCUT2D eigenvalue weighted by Crippen LogP contribution is 2.18. The first-order valence-electron chi connectivity index (χ1n) is 3.75. The summed E-state index contributed by atoms with van der Waals surface area (Å²) in [7, 11) is 1.59. The number of amides is 1. The van der Waals surface area contributed by atoms with Crippen LogP contribution >= 0.6 is 0 Å². The minimum absolute atomic E-state index is 0.0611. The van der Waals surface area contributed by atoms with E-state index in [0.29, 0.717) is 6.61 Å². The number of nitrogens with zero attached hydrogens (tertiary/aromatic N) is 1. The van der Waals surface area contributed by atoms with E-state index in [4.69, 9.17) is 9.47 Å². The molecule has 0 aliphatic carbocycles. The molecule has 4 nitrogen and oxygen atoms in total. The summed E-state index contributed by atoms with van der Waals surface area (Å²) in [5, 5.41) is 0. The maximum atomic E-state index is 11.0. The molecular weight excluding hydrogens is 146 g/mol. The quantitative estimate of drug-likeness (QED) is 0.598. The van der Waals surface area contributed by atoms with E-state index in [1.54, 1.807) is 18.9 Å². The van der Waals surface area contributed by atoms with Crippen LogP contribution in [-0.2, 0) is 9.47 Å². The molecule has 1 aliphatic heterocycles. The number of carbonyl (C=O) groups is 1. The highest BCUT2D eigenvalue weighted by molar-refractivity contribution is 5.68. The average Bonchev–Trinajstić information content (AvgIpc) is 1.86. The van der Waals surface area contributed by atoms with Gasteiger partial charge in [0.2, 0.25) is 0 Å². The van der Waals surface area contributed by atoms with Crippen LogP contribution in [0.25, 0.3) is 0 Å². The van der Waals surface area contributed by atoms with Gasteiger partial charge in [-0.1, -0.05) is 0 Å². The highest BCUT2D eigenvalue weighted by atomic mass is 16.6. The van der Waals surface area contributed by atoms with Gasteiger partial charge < -0.3 is 9.47 Å². The molecule has 0 aromatic carbocycles. The van der Waals surface area contributed by atoms with E-state index in [0.717, 1.165) is 13.0 Å². The van der Waals surface area contributed by atoms with Gasteiger partial charge in [0.15, 0.2) is 0 Å². The Morgan fingerprint density at radius 2 is 2.45 bits per heavy atom. The monoisotopic (exact) mass is 159 g/mol. The van der Waals surface area contributed by atoms with Crippen molar-refractivity contribution >= 4 is 6.09 Å². The zero-order valence-corrected chi connectivity index (χ0v) is 6.87. The molecule has 1 fully saturated rings. The van der Waals surface area contributed by atoms with Crippen LogP contribution in [-0.4, -0.2) is 37.5 Å². The van der Waals surface area contributed by atoms with Gasteiger partial charge in [0, 0.05) is 20.1 Å². The van der Waals surface area contributed by atoms with E-state index in [1.165, 1.54) is 0 Å². The lowest BCUT2D eigenvalue weighted by Gasteiger charge is -2.38. The molecule has 0 aromatic heterocycles. The molecule has 1 aliphatic rings. The molecular formula is C7H13NO3. The molecule has 0 radical (unpaired) electrons. The number of rotatable bonds is 2. The number of hydrogen-bond acceptors (Lipinski definition) is 3. The van der Waals surface area contributed by atoms with Crippen LogP contribution in [0.3, 0.4) is 0 Å². The van der Waals surface area contributed by atoms with Gasteiger partial charge in [-0.2, -0.15) is 0 Å². The predicted octanol–water partition coefficient (Wildman–Crippen LogP) is 0.821. The number of methoxy groups -OCH3 is 1. The van der Waals surface area contributed by atoms with E-state index >= 15 is 0 Å². The van der Waals surface area contributed by atoms with Gasteiger partial charge in [-0.25, -0.2) is 4.79 Å². The van der Waals surface area contributed by atoms with Crippen LogP contribution in [0.2, 0.25) is 0 Å². The first kappa shape index (κ1) is 8.33. The van der Waals surface area contributed by atoms with E-state index < -0.39 is 0 Å². The minimum Gasteiger partial charge on any atom is -0.450 e. The Hall–Kier alpha value is -0.770. The van der Waals surface area contributed by atoms with Gasteiger partial charge in [-0.15, -0.1) is 0 Å². The Morgan fingerprint density at radius 1 is 1.73 bits per heavy atom. The molecule has 1 saturated heterocycles.